The van der Waals surface area contributed by atoms with Gasteiger partial charge in [-0.1, -0.05) is 0 Å². The highest BCUT2D eigenvalue weighted by Gasteiger charge is 2.25. The Bertz CT molecular complexity index is 842. The summed E-state index contributed by atoms with van der Waals surface area (Å²) in [5.74, 6) is -0.510. The second-order valence-corrected chi connectivity index (χ2v) is 6.00. The zero-order chi connectivity index (χ0) is 18.0. The number of nitro benzene ring substituents is 1. The number of nitro groups is 1. The third-order valence-electron chi connectivity index (χ3n) is 3.94. The highest BCUT2D eigenvalue weighted by atomic mass is 16.6. The molecule has 3 rings (SSSR count). The lowest BCUT2D eigenvalue weighted by Gasteiger charge is -2.09. The Kier molecular flexibility index (Phi) is 4.47. The van der Waals surface area contributed by atoms with Gasteiger partial charge in [-0.05, 0) is 56.2 Å². The lowest BCUT2D eigenvalue weighted by molar-refractivity contribution is -0.384. The van der Waals surface area contributed by atoms with Gasteiger partial charge in [-0.2, -0.15) is 0 Å². The number of Topliss-reactive ketones (excluding diaryl/α,β-unsaturated/α-hetero) is 1. The average Bonchev–Trinajstić information content (AvgIpc) is 3.39. The Hall–Kier alpha value is -3.22. The minimum absolute atomic E-state index is 0.0627. The fourth-order valence-electron chi connectivity index (χ4n) is 2.39. The molecular weight excluding hydrogens is 322 g/mol. The zero-order valence-corrected chi connectivity index (χ0v) is 13.6. The first-order chi connectivity index (χ1) is 11.9. The van der Waals surface area contributed by atoms with Gasteiger partial charge in [-0.15, -0.1) is 0 Å². The summed E-state index contributed by atoms with van der Waals surface area (Å²) in [5.41, 5.74) is 1.56. The van der Waals surface area contributed by atoms with Crippen LogP contribution in [0.5, 0.6) is 0 Å². The molecule has 0 aromatic heterocycles. The standard InChI is InChI=1S/C18H17N3O4/c1-11(22)12-2-5-15(6-3-12)20-18(23)13-4-9-16(19-14-7-8-14)17(10-13)21(24)25/h2-6,9-10,14,19H,7-8H2,1H3,(H,20,23). The van der Waals surface area contributed by atoms with Crippen molar-refractivity contribution in [3.8, 4) is 0 Å². The highest BCUT2D eigenvalue weighted by molar-refractivity contribution is 6.05. The van der Waals surface area contributed by atoms with Gasteiger partial charge < -0.3 is 10.6 Å². The summed E-state index contributed by atoms with van der Waals surface area (Å²) in [7, 11) is 0. The molecule has 7 heteroatoms. The van der Waals surface area contributed by atoms with Crippen LogP contribution in [-0.2, 0) is 0 Å². The maximum Gasteiger partial charge on any atom is 0.293 e. The number of nitrogens with one attached hydrogen (secondary N) is 2. The predicted molar refractivity (Wildman–Crippen MR) is 94.1 cm³/mol. The molecule has 1 fully saturated rings. The van der Waals surface area contributed by atoms with Crippen LogP contribution in [0.25, 0.3) is 0 Å². The van der Waals surface area contributed by atoms with E-state index in [4.69, 9.17) is 0 Å². The second kappa shape index (κ2) is 6.72. The lowest BCUT2D eigenvalue weighted by Crippen LogP contribution is -2.13. The molecule has 0 saturated heterocycles. The molecule has 0 aliphatic heterocycles. The summed E-state index contributed by atoms with van der Waals surface area (Å²) in [6.07, 6.45) is 1.99. The molecule has 25 heavy (non-hydrogen) atoms. The van der Waals surface area contributed by atoms with Gasteiger partial charge in [-0.3, -0.25) is 19.7 Å². The van der Waals surface area contributed by atoms with Crippen LogP contribution in [0.4, 0.5) is 17.1 Å². The first kappa shape index (κ1) is 16.6. The van der Waals surface area contributed by atoms with E-state index in [9.17, 15) is 19.7 Å². The molecule has 0 radical (unpaired) electrons. The number of anilines is 2. The summed E-state index contributed by atoms with van der Waals surface area (Å²) in [6.45, 7) is 1.46. The largest absolute Gasteiger partial charge is 0.377 e. The first-order valence-electron chi connectivity index (χ1n) is 7.91. The van der Waals surface area contributed by atoms with E-state index in [1.165, 1.54) is 13.0 Å². The van der Waals surface area contributed by atoms with Crippen molar-refractivity contribution in [1.29, 1.82) is 0 Å². The molecule has 1 saturated carbocycles. The van der Waals surface area contributed by atoms with Gasteiger partial charge in [0.15, 0.2) is 5.78 Å². The minimum Gasteiger partial charge on any atom is -0.377 e. The Morgan fingerprint density at radius 1 is 1.08 bits per heavy atom. The monoisotopic (exact) mass is 339 g/mol. The van der Waals surface area contributed by atoms with Crippen molar-refractivity contribution >= 4 is 28.8 Å². The van der Waals surface area contributed by atoms with Gasteiger partial charge in [0.1, 0.15) is 5.69 Å². The van der Waals surface area contributed by atoms with Crippen LogP contribution < -0.4 is 10.6 Å². The average molecular weight is 339 g/mol. The normalized spacial score (nSPS) is 13.2. The van der Waals surface area contributed by atoms with Gasteiger partial charge in [0.05, 0.1) is 4.92 Å². The molecule has 2 N–H and O–H groups in total. The van der Waals surface area contributed by atoms with Gasteiger partial charge >= 0.3 is 0 Å². The van der Waals surface area contributed by atoms with Crippen molar-refractivity contribution in [2.24, 2.45) is 0 Å². The minimum atomic E-state index is -0.497. The first-order valence-corrected chi connectivity index (χ1v) is 7.91. The number of hydrogen-bond donors (Lipinski definition) is 2. The molecule has 7 nitrogen and oxygen atoms in total. The Balaban J connectivity index is 1.77. The Morgan fingerprint density at radius 2 is 1.72 bits per heavy atom. The van der Waals surface area contributed by atoms with E-state index in [-0.39, 0.29) is 23.1 Å². The summed E-state index contributed by atoms with van der Waals surface area (Å²) in [5, 5.41) is 17.0. The molecule has 0 bridgehead atoms. The van der Waals surface area contributed by atoms with Crippen LogP contribution in [0.1, 0.15) is 40.5 Å². The molecule has 0 spiro atoms. The van der Waals surface area contributed by atoms with E-state index in [1.807, 2.05) is 0 Å². The maximum atomic E-state index is 12.3. The summed E-state index contributed by atoms with van der Waals surface area (Å²) < 4.78 is 0. The van der Waals surface area contributed by atoms with E-state index in [2.05, 4.69) is 10.6 Å². The smallest absolute Gasteiger partial charge is 0.293 e. The number of rotatable bonds is 6. The number of ketones is 1. The van der Waals surface area contributed by atoms with E-state index in [0.29, 0.717) is 16.9 Å². The van der Waals surface area contributed by atoms with E-state index in [1.54, 1.807) is 36.4 Å². The van der Waals surface area contributed by atoms with Gasteiger partial charge in [-0.25, -0.2) is 0 Å². The SMILES string of the molecule is CC(=O)c1ccc(NC(=O)c2ccc(NC3CC3)c([N+](=O)[O-])c2)cc1. The number of hydrogen-bond acceptors (Lipinski definition) is 5. The van der Waals surface area contributed by atoms with E-state index in [0.717, 1.165) is 12.8 Å². The number of carbonyl (C=O) groups is 2. The molecule has 2 aromatic rings. The van der Waals surface area contributed by atoms with Gasteiger partial charge in [0, 0.05) is 28.9 Å². The lowest BCUT2D eigenvalue weighted by atomic mass is 10.1. The van der Waals surface area contributed by atoms with Crippen LogP contribution in [0.15, 0.2) is 42.5 Å². The number of carbonyl (C=O) groups excluding carboxylic acids is 2. The van der Waals surface area contributed by atoms with Gasteiger partial charge in [0.25, 0.3) is 11.6 Å². The van der Waals surface area contributed by atoms with Crippen molar-refractivity contribution in [2.75, 3.05) is 10.6 Å². The number of nitrogens with zero attached hydrogens (tertiary/aromatic N) is 1. The predicted octanol–water partition coefficient (Wildman–Crippen LogP) is 3.62. The molecule has 128 valence electrons. The molecule has 0 heterocycles. The van der Waals surface area contributed by atoms with Crippen LogP contribution in [0.3, 0.4) is 0 Å². The number of amides is 1. The second-order valence-electron chi connectivity index (χ2n) is 6.00. The summed E-state index contributed by atoms with van der Waals surface area (Å²) in [6, 6.07) is 11.1. The van der Waals surface area contributed by atoms with Crippen molar-refractivity contribution in [1.82, 2.24) is 0 Å². The molecular formula is C18H17N3O4. The van der Waals surface area contributed by atoms with E-state index < -0.39 is 10.8 Å². The Labute approximate surface area is 144 Å². The zero-order valence-electron chi connectivity index (χ0n) is 13.6. The quantitative estimate of drug-likeness (QED) is 0.475. The van der Waals surface area contributed by atoms with Crippen LogP contribution in [0, 0.1) is 10.1 Å². The fraction of sp³-hybridized carbons (Fsp3) is 0.222. The fourth-order valence-corrected chi connectivity index (χ4v) is 2.39. The van der Waals surface area contributed by atoms with Crippen molar-refractivity contribution in [3.63, 3.8) is 0 Å². The molecule has 1 aliphatic carbocycles. The molecule has 2 aromatic carbocycles. The van der Waals surface area contributed by atoms with Crippen molar-refractivity contribution in [2.45, 2.75) is 25.8 Å². The molecule has 0 unspecified atom stereocenters. The maximum absolute atomic E-state index is 12.3. The van der Waals surface area contributed by atoms with Crippen molar-refractivity contribution < 1.29 is 14.5 Å². The summed E-state index contributed by atoms with van der Waals surface area (Å²) in [4.78, 5) is 34.4. The van der Waals surface area contributed by atoms with Crippen LogP contribution >= 0.6 is 0 Å². The number of benzene rings is 2. The van der Waals surface area contributed by atoms with E-state index >= 15 is 0 Å². The van der Waals surface area contributed by atoms with Crippen LogP contribution in [-0.4, -0.2) is 22.7 Å². The highest BCUT2D eigenvalue weighted by Crippen LogP contribution is 2.31. The third kappa shape index (κ3) is 4.00. The van der Waals surface area contributed by atoms with Gasteiger partial charge in [0.2, 0.25) is 0 Å². The summed E-state index contributed by atoms with van der Waals surface area (Å²) >= 11 is 0. The van der Waals surface area contributed by atoms with Crippen LogP contribution in [0.2, 0.25) is 0 Å². The molecule has 1 amide bonds. The third-order valence-corrected chi connectivity index (χ3v) is 3.94. The Morgan fingerprint density at radius 3 is 2.28 bits per heavy atom. The molecule has 0 atom stereocenters. The molecule has 1 aliphatic rings. The topological polar surface area (TPSA) is 101 Å². The van der Waals surface area contributed by atoms with Crippen molar-refractivity contribution in [3.05, 3.63) is 63.7 Å².